The molecule has 0 saturated heterocycles. The third-order valence-electron chi connectivity index (χ3n) is 2.84. The smallest absolute Gasteiger partial charge is 0.323 e. The van der Waals surface area contributed by atoms with E-state index in [-0.39, 0.29) is 0 Å². The predicted octanol–water partition coefficient (Wildman–Crippen LogP) is 1.56. The van der Waals surface area contributed by atoms with Crippen molar-refractivity contribution in [1.82, 2.24) is 10.2 Å². The molecular weight excluding hydrogens is 204 g/mol. The molecule has 2 N–H and O–H groups in total. The molecule has 0 bridgehead atoms. The number of nitrogens with one attached hydrogen (secondary N) is 1. The van der Waals surface area contributed by atoms with Crippen LogP contribution in [0.15, 0.2) is 0 Å². The Kier molecular flexibility index (Phi) is 7.34. The quantitative estimate of drug-likeness (QED) is 0.631. The average molecular weight is 230 g/mol. The molecule has 0 rings (SSSR count). The fourth-order valence-corrected chi connectivity index (χ4v) is 1.58. The zero-order valence-electron chi connectivity index (χ0n) is 11.0. The van der Waals surface area contributed by atoms with Crippen LogP contribution >= 0.6 is 0 Å². The van der Waals surface area contributed by atoms with E-state index in [1.54, 1.807) is 6.92 Å². The SMILES string of the molecule is CCCNC(C)(CCN(C)CCC)C(=O)O. The first-order chi connectivity index (χ1) is 7.46. The van der Waals surface area contributed by atoms with Crippen LogP contribution in [-0.2, 0) is 4.79 Å². The molecule has 0 saturated carbocycles. The van der Waals surface area contributed by atoms with Gasteiger partial charge in [-0.3, -0.25) is 4.79 Å². The van der Waals surface area contributed by atoms with E-state index in [0.29, 0.717) is 6.42 Å². The summed E-state index contributed by atoms with van der Waals surface area (Å²) in [7, 11) is 2.03. The lowest BCUT2D eigenvalue weighted by molar-refractivity contribution is -0.144. The highest BCUT2D eigenvalue weighted by molar-refractivity contribution is 5.78. The molecule has 4 nitrogen and oxygen atoms in total. The molecule has 0 aliphatic rings. The van der Waals surface area contributed by atoms with Gasteiger partial charge in [0.25, 0.3) is 0 Å². The van der Waals surface area contributed by atoms with Crippen LogP contribution in [0.5, 0.6) is 0 Å². The number of nitrogens with zero attached hydrogens (tertiary/aromatic N) is 1. The minimum Gasteiger partial charge on any atom is -0.480 e. The van der Waals surface area contributed by atoms with Crippen molar-refractivity contribution in [2.45, 2.75) is 45.6 Å². The van der Waals surface area contributed by atoms with Gasteiger partial charge in [-0.1, -0.05) is 13.8 Å². The van der Waals surface area contributed by atoms with E-state index in [1.807, 2.05) is 14.0 Å². The molecule has 0 radical (unpaired) electrons. The van der Waals surface area contributed by atoms with Gasteiger partial charge >= 0.3 is 5.97 Å². The summed E-state index contributed by atoms with van der Waals surface area (Å²) in [5, 5.41) is 12.3. The van der Waals surface area contributed by atoms with Crippen LogP contribution in [0.1, 0.15) is 40.0 Å². The predicted molar refractivity (Wildman–Crippen MR) is 66.7 cm³/mol. The van der Waals surface area contributed by atoms with E-state index >= 15 is 0 Å². The monoisotopic (exact) mass is 230 g/mol. The first kappa shape index (κ1) is 15.4. The molecule has 16 heavy (non-hydrogen) atoms. The zero-order chi connectivity index (χ0) is 12.6. The Labute approximate surface area is 99.0 Å². The topological polar surface area (TPSA) is 52.6 Å². The summed E-state index contributed by atoms with van der Waals surface area (Å²) in [6.45, 7) is 8.52. The third kappa shape index (κ3) is 5.47. The number of hydrogen-bond acceptors (Lipinski definition) is 3. The van der Waals surface area contributed by atoms with Gasteiger partial charge in [0.1, 0.15) is 5.54 Å². The second-order valence-corrected chi connectivity index (χ2v) is 4.62. The lowest BCUT2D eigenvalue weighted by Gasteiger charge is -2.28. The molecule has 0 aromatic carbocycles. The van der Waals surface area contributed by atoms with E-state index in [2.05, 4.69) is 17.1 Å². The normalized spacial score (nSPS) is 15.1. The third-order valence-corrected chi connectivity index (χ3v) is 2.84. The minimum absolute atomic E-state index is 0.638. The van der Waals surface area contributed by atoms with Gasteiger partial charge in [-0.2, -0.15) is 0 Å². The summed E-state index contributed by atoms with van der Waals surface area (Å²) in [4.78, 5) is 13.4. The van der Waals surface area contributed by atoms with Crippen LogP contribution in [0, 0.1) is 0 Å². The highest BCUT2D eigenvalue weighted by Crippen LogP contribution is 2.11. The van der Waals surface area contributed by atoms with Gasteiger partial charge in [0.15, 0.2) is 0 Å². The van der Waals surface area contributed by atoms with E-state index in [0.717, 1.165) is 32.5 Å². The number of carboxylic acids is 1. The number of carboxylic acid groups (broad SMARTS) is 1. The van der Waals surface area contributed by atoms with Crippen LogP contribution in [0.25, 0.3) is 0 Å². The highest BCUT2D eigenvalue weighted by atomic mass is 16.4. The van der Waals surface area contributed by atoms with Crippen LogP contribution in [-0.4, -0.2) is 48.2 Å². The molecule has 1 unspecified atom stereocenters. The van der Waals surface area contributed by atoms with Crippen molar-refractivity contribution in [3.8, 4) is 0 Å². The number of hydrogen-bond donors (Lipinski definition) is 2. The van der Waals surface area contributed by atoms with E-state index in [1.165, 1.54) is 0 Å². The Bertz CT molecular complexity index is 209. The van der Waals surface area contributed by atoms with Gasteiger partial charge in [-0.15, -0.1) is 0 Å². The number of rotatable bonds is 9. The lowest BCUT2D eigenvalue weighted by Crippen LogP contribution is -2.51. The summed E-state index contributed by atoms with van der Waals surface area (Å²) in [5.41, 5.74) is -0.794. The maximum Gasteiger partial charge on any atom is 0.323 e. The van der Waals surface area contributed by atoms with Gasteiger partial charge in [0.2, 0.25) is 0 Å². The minimum atomic E-state index is -0.794. The first-order valence-electron chi connectivity index (χ1n) is 6.13. The summed E-state index contributed by atoms with van der Waals surface area (Å²) >= 11 is 0. The van der Waals surface area contributed by atoms with Crippen molar-refractivity contribution in [2.75, 3.05) is 26.7 Å². The van der Waals surface area contributed by atoms with Gasteiger partial charge in [0.05, 0.1) is 0 Å². The van der Waals surface area contributed by atoms with Crippen molar-refractivity contribution >= 4 is 5.97 Å². The maximum absolute atomic E-state index is 11.2. The Hall–Kier alpha value is -0.610. The standard InChI is InChI=1S/C12H26N2O2/c1-5-8-13-12(3,11(15)16)7-10-14(4)9-6-2/h13H,5-10H2,1-4H3,(H,15,16). The Morgan fingerprint density at radius 2 is 1.94 bits per heavy atom. The van der Waals surface area contributed by atoms with Gasteiger partial charge in [0, 0.05) is 6.54 Å². The van der Waals surface area contributed by atoms with Crippen LogP contribution in [0.3, 0.4) is 0 Å². The molecule has 0 heterocycles. The average Bonchev–Trinajstić information content (AvgIpc) is 2.24. The molecule has 4 heteroatoms. The van der Waals surface area contributed by atoms with Crippen LogP contribution < -0.4 is 5.32 Å². The molecule has 0 fully saturated rings. The van der Waals surface area contributed by atoms with Gasteiger partial charge in [-0.25, -0.2) is 0 Å². The molecule has 0 spiro atoms. The fourth-order valence-electron chi connectivity index (χ4n) is 1.58. The molecule has 96 valence electrons. The summed E-state index contributed by atoms with van der Waals surface area (Å²) in [5.74, 6) is -0.758. The second kappa shape index (κ2) is 7.63. The highest BCUT2D eigenvalue weighted by Gasteiger charge is 2.31. The van der Waals surface area contributed by atoms with Crippen molar-refractivity contribution < 1.29 is 9.90 Å². The van der Waals surface area contributed by atoms with Crippen molar-refractivity contribution in [2.24, 2.45) is 0 Å². The Morgan fingerprint density at radius 3 is 2.38 bits per heavy atom. The first-order valence-corrected chi connectivity index (χ1v) is 6.13. The van der Waals surface area contributed by atoms with Crippen molar-refractivity contribution in [3.05, 3.63) is 0 Å². The Balaban J connectivity index is 4.16. The molecule has 1 atom stereocenters. The van der Waals surface area contributed by atoms with Gasteiger partial charge in [-0.05, 0) is 46.3 Å². The summed E-state index contributed by atoms with van der Waals surface area (Å²) in [6, 6.07) is 0. The molecular formula is C12H26N2O2. The molecule has 0 aromatic heterocycles. The maximum atomic E-state index is 11.2. The zero-order valence-corrected chi connectivity index (χ0v) is 11.0. The number of aliphatic carboxylic acids is 1. The number of carbonyl (C=O) groups is 1. The molecule has 0 aliphatic heterocycles. The van der Waals surface area contributed by atoms with Crippen molar-refractivity contribution in [1.29, 1.82) is 0 Å². The van der Waals surface area contributed by atoms with Crippen LogP contribution in [0.4, 0.5) is 0 Å². The van der Waals surface area contributed by atoms with E-state index in [4.69, 9.17) is 0 Å². The lowest BCUT2D eigenvalue weighted by atomic mass is 9.97. The molecule has 0 aromatic rings. The Morgan fingerprint density at radius 1 is 1.31 bits per heavy atom. The second-order valence-electron chi connectivity index (χ2n) is 4.62. The fraction of sp³-hybridized carbons (Fsp3) is 0.917. The van der Waals surface area contributed by atoms with E-state index < -0.39 is 11.5 Å². The molecule has 0 amide bonds. The van der Waals surface area contributed by atoms with Gasteiger partial charge < -0.3 is 15.3 Å². The summed E-state index contributed by atoms with van der Waals surface area (Å²) in [6.07, 6.45) is 2.69. The van der Waals surface area contributed by atoms with E-state index in [9.17, 15) is 9.90 Å². The largest absolute Gasteiger partial charge is 0.480 e. The summed E-state index contributed by atoms with van der Waals surface area (Å²) < 4.78 is 0. The van der Waals surface area contributed by atoms with Crippen LogP contribution in [0.2, 0.25) is 0 Å². The van der Waals surface area contributed by atoms with Crippen molar-refractivity contribution in [3.63, 3.8) is 0 Å². The molecule has 0 aliphatic carbocycles.